The molecule has 30 heavy (non-hydrogen) atoms. The van der Waals surface area contributed by atoms with E-state index in [1.54, 1.807) is 11.6 Å². The summed E-state index contributed by atoms with van der Waals surface area (Å²) < 4.78 is 1.55. The predicted octanol–water partition coefficient (Wildman–Crippen LogP) is 1.17. The number of nitrogens with one attached hydrogen (secondary N) is 1. The molecule has 0 atom stereocenters. The summed E-state index contributed by atoms with van der Waals surface area (Å²) in [6.45, 7) is 3.48. The number of hydrogen-bond donors (Lipinski definition) is 4. The van der Waals surface area contributed by atoms with Crippen molar-refractivity contribution >= 4 is 28.0 Å². The summed E-state index contributed by atoms with van der Waals surface area (Å²) >= 11 is 0. The van der Waals surface area contributed by atoms with Gasteiger partial charge >= 0.3 is 0 Å². The zero-order chi connectivity index (χ0) is 21.0. The fraction of sp³-hybridized carbons (Fsp3) is 0.350. The van der Waals surface area contributed by atoms with Gasteiger partial charge in [-0.3, -0.25) is 0 Å². The van der Waals surface area contributed by atoms with E-state index in [1.165, 1.54) is 6.07 Å². The number of phenolic OH excluding ortho intramolecular Hbond substituents is 2. The second kappa shape index (κ2) is 6.85. The van der Waals surface area contributed by atoms with Gasteiger partial charge in [0.2, 0.25) is 0 Å². The maximum absolute atomic E-state index is 10.8. The van der Waals surface area contributed by atoms with Gasteiger partial charge in [-0.05, 0) is 25.2 Å². The molecule has 0 amide bonds. The predicted molar refractivity (Wildman–Crippen MR) is 113 cm³/mol. The molecule has 0 unspecified atom stereocenters. The molecule has 1 aliphatic rings. The Morgan fingerprint density at radius 1 is 1.03 bits per heavy atom. The molecule has 0 saturated carbocycles. The summed E-state index contributed by atoms with van der Waals surface area (Å²) in [7, 11) is 3.78. The van der Waals surface area contributed by atoms with Crippen LogP contribution in [-0.2, 0) is 13.7 Å². The van der Waals surface area contributed by atoms with Gasteiger partial charge in [-0.15, -0.1) is 0 Å². The molecule has 0 bridgehead atoms. The van der Waals surface area contributed by atoms with Crippen LogP contribution >= 0.6 is 0 Å². The third-order valence-electron chi connectivity index (χ3n) is 5.75. The first kappa shape index (κ1) is 18.6. The van der Waals surface area contributed by atoms with Gasteiger partial charge in [-0.25, -0.2) is 15.0 Å². The molecular weight excluding hydrogens is 386 g/mol. The van der Waals surface area contributed by atoms with Gasteiger partial charge in [-0.1, -0.05) is 0 Å². The smallest absolute Gasteiger partial charge is 0.180 e. The number of hydrogen-bond acceptors (Lipinski definition) is 8. The van der Waals surface area contributed by atoms with Crippen LogP contribution in [-0.4, -0.2) is 77.9 Å². The molecule has 156 valence electrons. The Morgan fingerprint density at radius 2 is 1.80 bits per heavy atom. The van der Waals surface area contributed by atoms with Crippen LogP contribution in [0.3, 0.4) is 0 Å². The summed E-state index contributed by atoms with van der Waals surface area (Å²) in [5.41, 5.74) is 2.16. The Balaban J connectivity index is 1.58. The average Bonchev–Trinajstić information content (AvgIpc) is 3.32. The highest BCUT2D eigenvalue weighted by atomic mass is 16.3. The van der Waals surface area contributed by atoms with Crippen molar-refractivity contribution in [2.24, 2.45) is 7.05 Å². The number of piperazine rings is 1. The fourth-order valence-corrected chi connectivity index (χ4v) is 3.95. The minimum Gasteiger partial charge on any atom is -0.506 e. The van der Waals surface area contributed by atoms with Crippen LogP contribution in [0.15, 0.2) is 18.2 Å². The zero-order valence-corrected chi connectivity index (χ0v) is 16.8. The first-order valence-corrected chi connectivity index (χ1v) is 9.78. The van der Waals surface area contributed by atoms with E-state index in [2.05, 4.69) is 36.8 Å². The van der Waals surface area contributed by atoms with Crippen LogP contribution in [0.1, 0.15) is 5.82 Å². The van der Waals surface area contributed by atoms with Crippen molar-refractivity contribution in [3.63, 3.8) is 0 Å². The molecule has 3 aromatic heterocycles. The number of phenols is 2. The Morgan fingerprint density at radius 3 is 2.53 bits per heavy atom. The van der Waals surface area contributed by atoms with Gasteiger partial charge in [0.1, 0.15) is 40.9 Å². The Bertz CT molecular complexity index is 1250. The molecule has 0 spiro atoms. The lowest BCUT2D eigenvalue weighted by Gasteiger charge is -2.33. The number of pyridine rings is 1. The van der Waals surface area contributed by atoms with E-state index >= 15 is 0 Å². The topological polar surface area (TPSA) is 127 Å². The lowest BCUT2D eigenvalue weighted by Crippen LogP contribution is -2.44. The number of aliphatic hydroxyl groups is 1. The standard InChI is InChI=1S/C20H23N7O3/c1-25-5-7-27(8-6-25)14-4-3-12-20(23-14)24-19(21-12)11-9-13(29)17-16(18(11)30)22-15(10-28)26(17)2/h3-4,9,28-30H,5-8,10H2,1-2H3,(H,21,23,24). The van der Waals surface area contributed by atoms with E-state index in [0.717, 1.165) is 37.5 Å². The molecule has 1 saturated heterocycles. The van der Waals surface area contributed by atoms with Gasteiger partial charge < -0.3 is 34.7 Å². The van der Waals surface area contributed by atoms with E-state index in [-0.39, 0.29) is 23.6 Å². The number of aliphatic hydroxyl groups excluding tert-OH is 1. The summed E-state index contributed by atoms with van der Waals surface area (Å²) in [6, 6.07) is 5.33. The molecule has 1 aliphatic heterocycles. The molecule has 1 aromatic carbocycles. The quantitative estimate of drug-likeness (QED) is 0.372. The van der Waals surface area contributed by atoms with Gasteiger partial charge in [0.05, 0.1) is 11.1 Å². The van der Waals surface area contributed by atoms with Crippen molar-refractivity contribution in [1.29, 1.82) is 0 Å². The summed E-state index contributed by atoms with van der Waals surface area (Å²) in [5.74, 6) is 1.43. The molecule has 0 radical (unpaired) electrons. The summed E-state index contributed by atoms with van der Waals surface area (Å²) in [5, 5.41) is 30.8. The number of aromatic hydroxyl groups is 2. The lowest BCUT2D eigenvalue weighted by atomic mass is 10.1. The van der Waals surface area contributed by atoms with Crippen LogP contribution in [0.25, 0.3) is 33.6 Å². The first-order valence-electron chi connectivity index (χ1n) is 9.78. The van der Waals surface area contributed by atoms with Gasteiger partial charge in [0, 0.05) is 33.2 Å². The third-order valence-corrected chi connectivity index (χ3v) is 5.75. The van der Waals surface area contributed by atoms with E-state index in [1.807, 2.05) is 12.1 Å². The van der Waals surface area contributed by atoms with E-state index in [4.69, 9.17) is 0 Å². The van der Waals surface area contributed by atoms with Crippen LogP contribution in [0.4, 0.5) is 5.82 Å². The normalized spacial score (nSPS) is 15.5. The van der Waals surface area contributed by atoms with Crippen LogP contribution in [0.2, 0.25) is 0 Å². The monoisotopic (exact) mass is 409 g/mol. The number of aromatic nitrogens is 5. The maximum Gasteiger partial charge on any atom is 0.180 e. The molecule has 4 heterocycles. The van der Waals surface area contributed by atoms with Crippen molar-refractivity contribution in [2.75, 3.05) is 38.1 Å². The number of nitrogens with zero attached hydrogens (tertiary/aromatic N) is 6. The van der Waals surface area contributed by atoms with E-state index < -0.39 is 0 Å². The van der Waals surface area contributed by atoms with Gasteiger partial charge in [0.25, 0.3) is 0 Å². The number of likely N-dealkylation sites (N-methyl/N-ethyl adjacent to an activating group) is 1. The summed E-state index contributed by atoms with van der Waals surface area (Å²) in [6.07, 6.45) is 0. The van der Waals surface area contributed by atoms with Crippen LogP contribution in [0, 0.1) is 0 Å². The molecule has 4 N–H and O–H groups in total. The average molecular weight is 409 g/mol. The van der Waals surface area contributed by atoms with E-state index in [9.17, 15) is 15.3 Å². The number of rotatable bonds is 3. The highest BCUT2D eigenvalue weighted by Gasteiger charge is 2.22. The second-order valence-electron chi connectivity index (χ2n) is 7.65. The number of H-pyrrole nitrogens is 1. The molecule has 4 aromatic rings. The number of imidazole rings is 2. The van der Waals surface area contributed by atoms with Crippen LogP contribution < -0.4 is 4.90 Å². The Hall–Kier alpha value is -3.37. The number of fused-ring (bicyclic) bond motifs is 2. The molecule has 10 nitrogen and oxygen atoms in total. The molecule has 10 heteroatoms. The number of aryl methyl sites for hydroxylation is 1. The Labute approximate surface area is 172 Å². The molecular formula is C20H23N7O3. The highest BCUT2D eigenvalue weighted by molar-refractivity contribution is 5.95. The highest BCUT2D eigenvalue weighted by Crippen LogP contribution is 2.40. The third kappa shape index (κ3) is 2.84. The minimum absolute atomic E-state index is 0.0564. The second-order valence-corrected chi connectivity index (χ2v) is 7.65. The number of anilines is 1. The van der Waals surface area contributed by atoms with Gasteiger partial charge in [-0.2, -0.15) is 0 Å². The molecule has 0 aliphatic carbocycles. The minimum atomic E-state index is -0.303. The fourth-order valence-electron chi connectivity index (χ4n) is 3.95. The number of aromatic amines is 1. The van der Waals surface area contributed by atoms with Crippen molar-refractivity contribution in [3.8, 4) is 22.9 Å². The van der Waals surface area contributed by atoms with Crippen molar-refractivity contribution in [3.05, 3.63) is 24.0 Å². The van der Waals surface area contributed by atoms with Crippen molar-refractivity contribution < 1.29 is 15.3 Å². The SMILES string of the molecule is CN1CCN(c2ccc3[nH]c(-c4cc(O)c5c(nc(CO)n5C)c4O)nc3n2)CC1. The zero-order valence-electron chi connectivity index (χ0n) is 16.8. The Kier molecular flexibility index (Phi) is 4.26. The molecule has 1 fully saturated rings. The van der Waals surface area contributed by atoms with Crippen molar-refractivity contribution in [1.82, 2.24) is 29.4 Å². The van der Waals surface area contributed by atoms with Gasteiger partial charge in [0.15, 0.2) is 11.4 Å². The lowest BCUT2D eigenvalue weighted by molar-refractivity contribution is 0.268. The molecule has 5 rings (SSSR count). The largest absolute Gasteiger partial charge is 0.506 e. The number of benzene rings is 1. The van der Waals surface area contributed by atoms with Crippen LogP contribution in [0.5, 0.6) is 11.5 Å². The van der Waals surface area contributed by atoms with E-state index in [0.29, 0.717) is 28.4 Å². The maximum atomic E-state index is 10.8. The summed E-state index contributed by atoms with van der Waals surface area (Å²) in [4.78, 5) is 21.2. The first-order chi connectivity index (χ1) is 14.5. The van der Waals surface area contributed by atoms with Crippen molar-refractivity contribution in [2.45, 2.75) is 6.61 Å².